The Bertz CT molecular complexity index is 531. The summed E-state index contributed by atoms with van der Waals surface area (Å²) in [6, 6.07) is 2.02. The highest BCUT2D eigenvalue weighted by molar-refractivity contribution is 7.17. The number of thiophene rings is 1. The first kappa shape index (κ1) is 11.9. The van der Waals surface area contributed by atoms with Crippen LogP contribution in [-0.2, 0) is 0 Å². The highest BCUT2D eigenvalue weighted by Crippen LogP contribution is 2.28. The van der Waals surface area contributed by atoms with Crippen LogP contribution in [0.1, 0.15) is 32.1 Å². The van der Waals surface area contributed by atoms with E-state index in [1.807, 2.05) is 11.4 Å². The van der Waals surface area contributed by atoms with E-state index in [4.69, 9.17) is 5.73 Å². The van der Waals surface area contributed by atoms with E-state index in [0.29, 0.717) is 0 Å². The summed E-state index contributed by atoms with van der Waals surface area (Å²) in [6.45, 7) is 0.803. The molecule has 0 unspecified atom stereocenters. The summed E-state index contributed by atoms with van der Waals surface area (Å²) < 4.78 is 1.12. The minimum atomic E-state index is -0.0627. The molecule has 18 heavy (non-hydrogen) atoms. The highest BCUT2D eigenvalue weighted by atomic mass is 32.1. The van der Waals surface area contributed by atoms with Crippen LogP contribution < -0.4 is 11.1 Å². The summed E-state index contributed by atoms with van der Waals surface area (Å²) in [7, 11) is 0. The average molecular weight is 262 g/mol. The fourth-order valence-corrected chi connectivity index (χ4v) is 3.42. The Labute approximate surface area is 111 Å². The Morgan fingerprint density at radius 3 is 2.94 bits per heavy atom. The minimum absolute atomic E-state index is 0.0627. The van der Waals surface area contributed by atoms with Crippen molar-refractivity contribution in [2.45, 2.75) is 37.6 Å². The maximum Gasteiger partial charge on any atom is 0.147 e. The molecule has 1 saturated carbocycles. The predicted octanol–water partition coefficient (Wildman–Crippen LogP) is 2.76. The molecule has 2 heterocycles. The second kappa shape index (κ2) is 4.82. The standard InChI is InChI=1S/C13H18N4S/c14-13(5-2-1-3-6-13)8-15-12-11-10(4-7-18-11)16-9-17-12/h4,7,9H,1-3,5-6,8,14H2,(H,15,16,17). The van der Waals surface area contributed by atoms with Gasteiger partial charge in [0.15, 0.2) is 0 Å². The number of aromatic nitrogens is 2. The first-order valence-corrected chi connectivity index (χ1v) is 7.36. The van der Waals surface area contributed by atoms with E-state index in [-0.39, 0.29) is 5.54 Å². The van der Waals surface area contributed by atoms with Gasteiger partial charge in [0.05, 0.1) is 10.2 Å². The lowest BCUT2D eigenvalue weighted by Gasteiger charge is -2.33. The van der Waals surface area contributed by atoms with Crippen molar-refractivity contribution in [1.82, 2.24) is 9.97 Å². The van der Waals surface area contributed by atoms with Gasteiger partial charge in [0, 0.05) is 12.1 Å². The summed E-state index contributed by atoms with van der Waals surface area (Å²) in [5, 5.41) is 5.46. The Morgan fingerprint density at radius 1 is 1.28 bits per heavy atom. The Balaban J connectivity index is 1.74. The smallest absolute Gasteiger partial charge is 0.147 e. The zero-order chi connectivity index (χ0) is 12.4. The van der Waals surface area contributed by atoms with Crippen molar-refractivity contribution >= 4 is 27.4 Å². The number of nitrogens with one attached hydrogen (secondary N) is 1. The molecule has 0 spiro atoms. The third-order valence-corrected chi connectivity index (χ3v) is 4.61. The molecule has 0 aromatic carbocycles. The van der Waals surface area contributed by atoms with Gasteiger partial charge >= 0.3 is 0 Å². The molecule has 0 saturated heterocycles. The molecule has 2 aromatic heterocycles. The van der Waals surface area contributed by atoms with E-state index in [2.05, 4.69) is 15.3 Å². The minimum Gasteiger partial charge on any atom is -0.367 e. The van der Waals surface area contributed by atoms with Crippen LogP contribution in [0.4, 0.5) is 5.82 Å². The second-order valence-electron chi connectivity index (χ2n) is 5.13. The van der Waals surface area contributed by atoms with Crippen LogP contribution in [-0.4, -0.2) is 22.1 Å². The molecule has 0 aliphatic heterocycles. The predicted molar refractivity (Wildman–Crippen MR) is 75.9 cm³/mol. The SMILES string of the molecule is NC1(CNc2ncnc3ccsc23)CCCCC1. The van der Waals surface area contributed by atoms with Crippen molar-refractivity contribution < 1.29 is 0 Å². The molecule has 96 valence electrons. The highest BCUT2D eigenvalue weighted by Gasteiger charge is 2.27. The van der Waals surface area contributed by atoms with E-state index in [1.165, 1.54) is 19.3 Å². The monoisotopic (exact) mass is 262 g/mol. The van der Waals surface area contributed by atoms with Crippen molar-refractivity contribution in [2.24, 2.45) is 5.73 Å². The van der Waals surface area contributed by atoms with Crippen molar-refractivity contribution in [3.05, 3.63) is 17.8 Å². The molecule has 1 fully saturated rings. The van der Waals surface area contributed by atoms with Gasteiger partial charge in [0.25, 0.3) is 0 Å². The molecule has 4 nitrogen and oxygen atoms in total. The normalized spacial score (nSPS) is 18.9. The molecule has 3 rings (SSSR count). The maximum absolute atomic E-state index is 6.42. The lowest BCUT2D eigenvalue weighted by atomic mass is 9.82. The van der Waals surface area contributed by atoms with Crippen molar-refractivity contribution in [3.8, 4) is 0 Å². The lowest BCUT2D eigenvalue weighted by molar-refractivity contribution is 0.311. The van der Waals surface area contributed by atoms with Crippen molar-refractivity contribution in [2.75, 3.05) is 11.9 Å². The number of rotatable bonds is 3. The van der Waals surface area contributed by atoms with Crippen molar-refractivity contribution in [3.63, 3.8) is 0 Å². The average Bonchev–Trinajstić information content (AvgIpc) is 2.86. The molecule has 0 bridgehead atoms. The van der Waals surface area contributed by atoms with Crippen LogP contribution in [0.3, 0.4) is 0 Å². The van der Waals surface area contributed by atoms with E-state index in [9.17, 15) is 0 Å². The van der Waals surface area contributed by atoms with Gasteiger partial charge in [-0.05, 0) is 24.3 Å². The summed E-state index contributed by atoms with van der Waals surface area (Å²) in [5.74, 6) is 0.922. The first-order chi connectivity index (χ1) is 8.77. The van der Waals surface area contributed by atoms with Crippen LogP contribution in [0.5, 0.6) is 0 Å². The largest absolute Gasteiger partial charge is 0.367 e. The van der Waals surface area contributed by atoms with Crippen molar-refractivity contribution in [1.29, 1.82) is 0 Å². The number of hydrogen-bond donors (Lipinski definition) is 2. The Morgan fingerprint density at radius 2 is 2.11 bits per heavy atom. The van der Waals surface area contributed by atoms with Gasteiger partial charge in [-0.3, -0.25) is 0 Å². The fraction of sp³-hybridized carbons (Fsp3) is 0.538. The molecule has 3 N–H and O–H groups in total. The molecule has 1 aliphatic rings. The fourth-order valence-electron chi connectivity index (χ4n) is 2.61. The Hall–Kier alpha value is -1.20. The summed E-state index contributed by atoms with van der Waals surface area (Å²) in [5.41, 5.74) is 7.37. The third kappa shape index (κ3) is 2.33. The van der Waals surface area contributed by atoms with Crippen LogP contribution >= 0.6 is 11.3 Å². The van der Waals surface area contributed by atoms with Crippen LogP contribution in [0.25, 0.3) is 10.2 Å². The second-order valence-corrected chi connectivity index (χ2v) is 6.05. The summed E-state index contributed by atoms with van der Waals surface area (Å²) in [6.07, 6.45) is 7.65. The first-order valence-electron chi connectivity index (χ1n) is 6.48. The topological polar surface area (TPSA) is 63.8 Å². The number of anilines is 1. The van der Waals surface area contributed by atoms with Gasteiger partial charge in [-0.1, -0.05) is 19.3 Å². The maximum atomic E-state index is 6.42. The molecule has 0 amide bonds. The van der Waals surface area contributed by atoms with E-state index in [0.717, 1.165) is 35.4 Å². The number of nitrogens with two attached hydrogens (primary N) is 1. The zero-order valence-corrected chi connectivity index (χ0v) is 11.2. The summed E-state index contributed by atoms with van der Waals surface area (Å²) >= 11 is 1.67. The molecule has 5 heteroatoms. The van der Waals surface area contributed by atoms with E-state index < -0.39 is 0 Å². The number of hydrogen-bond acceptors (Lipinski definition) is 5. The number of fused-ring (bicyclic) bond motifs is 1. The van der Waals surface area contributed by atoms with Crippen LogP contribution in [0.2, 0.25) is 0 Å². The quantitative estimate of drug-likeness (QED) is 0.892. The van der Waals surface area contributed by atoms with Gasteiger partial charge in [0.1, 0.15) is 12.1 Å². The summed E-state index contributed by atoms with van der Waals surface area (Å²) in [4.78, 5) is 8.57. The van der Waals surface area contributed by atoms with Gasteiger partial charge in [-0.15, -0.1) is 11.3 Å². The van der Waals surface area contributed by atoms with Gasteiger partial charge in [-0.25, -0.2) is 9.97 Å². The lowest BCUT2D eigenvalue weighted by Crippen LogP contribution is -2.47. The molecule has 2 aromatic rings. The molecular weight excluding hydrogens is 244 g/mol. The van der Waals surface area contributed by atoms with Crippen LogP contribution in [0.15, 0.2) is 17.8 Å². The van der Waals surface area contributed by atoms with Gasteiger partial charge in [-0.2, -0.15) is 0 Å². The van der Waals surface area contributed by atoms with E-state index >= 15 is 0 Å². The van der Waals surface area contributed by atoms with E-state index in [1.54, 1.807) is 17.7 Å². The third-order valence-electron chi connectivity index (χ3n) is 3.70. The van der Waals surface area contributed by atoms with Gasteiger partial charge in [0.2, 0.25) is 0 Å². The van der Waals surface area contributed by atoms with Gasteiger partial charge < -0.3 is 11.1 Å². The molecule has 0 radical (unpaired) electrons. The molecular formula is C13H18N4S. The molecule has 1 aliphatic carbocycles. The Kier molecular flexibility index (Phi) is 3.18. The van der Waals surface area contributed by atoms with Crippen LogP contribution in [0, 0.1) is 0 Å². The zero-order valence-electron chi connectivity index (χ0n) is 10.4. The number of nitrogens with zero attached hydrogens (tertiary/aromatic N) is 2. The molecule has 0 atom stereocenters.